The average Bonchev–Trinajstić information content (AvgIpc) is 3.31. The second kappa shape index (κ2) is 6.86. The van der Waals surface area contributed by atoms with Crippen LogP contribution in [0.15, 0.2) is 66.6 Å². The maximum atomic E-state index is 12.3. The van der Waals surface area contributed by atoms with Gasteiger partial charge in [0.2, 0.25) is 5.91 Å². The molecule has 1 N–H and O–H groups in total. The van der Waals surface area contributed by atoms with Gasteiger partial charge in [-0.15, -0.1) is 11.3 Å². The molecule has 1 aromatic carbocycles. The first kappa shape index (κ1) is 15.5. The van der Waals surface area contributed by atoms with E-state index in [1.165, 1.54) is 4.88 Å². The molecule has 0 bridgehead atoms. The van der Waals surface area contributed by atoms with Crippen molar-refractivity contribution in [1.29, 1.82) is 0 Å². The summed E-state index contributed by atoms with van der Waals surface area (Å²) in [6, 6.07) is 13.9. The summed E-state index contributed by atoms with van der Waals surface area (Å²) < 4.78 is 1.85. The molecule has 0 saturated carbocycles. The highest BCUT2D eigenvalue weighted by Gasteiger charge is 2.07. The molecule has 4 aromatic rings. The molecule has 4 rings (SSSR count). The van der Waals surface area contributed by atoms with Crippen LogP contribution in [0, 0.1) is 0 Å². The lowest BCUT2D eigenvalue weighted by molar-refractivity contribution is -0.121. The van der Waals surface area contributed by atoms with Gasteiger partial charge in [0.25, 0.3) is 0 Å². The molecule has 0 aliphatic rings. The summed E-state index contributed by atoms with van der Waals surface area (Å²) in [4.78, 5) is 22.0. The molecule has 3 aromatic heterocycles. The predicted molar refractivity (Wildman–Crippen MR) is 99.1 cm³/mol. The van der Waals surface area contributed by atoms with Gasteiger partial charge in [0.15, 0.2) is 0 Å². The lowest BCUT2D eigenvalue weighted by Crippen LogP contribution is -2.26. The van der Waals surface area contributed by atoms with Crippen LogP contribution >= 0.6 is 11.3 Å². The van der Waals surface area contributed by atoms with Gasteiger partial charge in [-0.2, -0.15) is 0 Å². The zero-order chi connectivity index (χ0) is 17.1. The number of hydrogen-bond donors (Lipinski definition) is 1. The Kier molecular flexibility index (Phi) is 4.26. The van der Waals surface area contributed by atoms with E-state index in [9.17, 15) is 4.79 Å². The summed E-state index contributed by atoms with van der Waals surface area (Å²) in [5.41, 5.74) is 3.90. The van der Waals surface area contributed by atoms with Crippen LogP contribution < -0.4 is 5.32 Å². The number of thiophene rings is 1. The molecule has 0 spiro atoms. The highest BCUT2D eigenvalue weighted by atomic mass is 32.1. The highest BCUT2D eigenvalue weighted by Crippen LogP contribution is 2.24. The largest absolute Gasteiger partial charge is 0.350 e. The molecule has 0 fully saturated rings. The van der Waals surface area contributed by atoms with Crippen LogP contribution in [0.1, 0.15) is 5.56 Å². The van der Waals surface area contributed by atoms with E-state index in [0.29, 0.717) is 6.54 Å². The van der Waals surface area contributed by atoms with Gasteiger partial charge in [0.1, 0.15) is 6.54 Å². The summed E-state index contributed by atoms with van der Waals surface area (Å²) >= 11 is 1.68. The first-order valence-corrected chi connectivity index (χ1v) is 8.82. The Morgan fingerprint density at radius 1 is 1.16 bits per heavy atom. The molecular weight excluding hydrogens is 332 g/mol. The molecule has 0 aliphatic carbocycles. The fraction of sp³-hybridized carbons (Fsp3) is 0.105. The number of rotatable bonds is 5. The van der Waals surface area contributed by atoms with Crippen LogP contribution in [0.4, 0.5) is 0 Å². The van der Waals surface area contributed by atoms with Gasteiger partial charge < -0.3 is 9.88 Å². The molecule has 25 heavy (non-hydrogen) atoms. The Bertz CT molecular complexity index is 1010. The Morgan fingerprint density at radius 3 is 2.96 bits per heavy atom. The quantitative estimate of drug-likeness (QED) is 0.601. The number of benzene rings is 1. The monoisotopic (exact) mass is 348 g/mol. The number of nitrogens with zero attached hydrogens (tertiary/aromatic N) is 3. The minimum absolute atomic E-state index is 0.0512. The minimum Gasteiger partial charge on any atom is -0.350 e. The first-order chi connectivity index (χ1) is 12.3. The Hall–Kier alpha value is -2.99. The number of aromatic nitrogens is 3. The molecule has 1 amide bonds. The van der Waals surface area contributed by atoms with Gasteiger partial charge in [-0.05, 0) is 35.2 Å². The van der Waals surface area contributed by atoms with E-state index in [4.69, 9.17) is 0 Å². The number of para-hydroxylation sites is 2. The van der Waals surface area contributed by atoms with E-state index in [-0.39, 0.29) is 12.5 Å². The summed E-state index contributed by atoms with van der Waals surface area (Å²) in [5, 5.41) is 4.99. The van der Waals surface area contributed by atoms with Gasteiger partial charge in [-0.3, -0.25) is 9.78 Å². The Morgan fingerprint density at radius 2 is 2.08 bits per heavy atom. The van der Waals surface area contributed by atoms with Crippen molar-refractivity contribution >= 4 is 28.3 Å². The number of nitrogens with one attached hydrogen (secondary N) is 1. The molecular formula is C19H16N4OS. The average molecular weight is 348 g/mol. The van der Waals surface area contributed by atoms with E-state index in [0.717, 1.165) is 22.2 Å². The zero-order valence-corrected chi connectivity index (χ0v) is 14.2. The van der Waals surface area contributed by atoms with Gasteiger partial charge in [0.05, 0.1) is 17.4 Å². The molecule has 0 atom stereocenters. The maximum absolute atomic E-state index is 12.3. The summed E-state index contributed by atoms with van der Waals surface area (Å²) in [5.74, 6) is -0.0512. The maximum Gasteiger partial charge on any atom is 0.240 e. The lowest BCUT2D eigenvalue weighted by atomic mass is 10.2. The fourth-order valence-electron chi connectivity index (χ4n) is 2.71. The van der Waals surface area contributed by atoms with Crippen LogP contribution in [0.5, 0.6) is 0 Å². The number of pyridine rings is 1. The molecule has 124 valence electrons. The van der Waals surface area contributed by atoms with Crippen LogP contribution in [-0.4, -0.2) is 20.4 Å². The molecule has 5 nitrogen and oxygen atoms in total. The molecule has 0 aliphatic heterocycles. The molecule has 0 radical (unpaired) electrons. The van der Waals surface area contributed by atoms with Gasteiger partial charge in [-0.25, -0.2) is 4.98 Å². The van der Waals surface area contributed by atoms with E-state index < -0.39 is 0 Å². The van der Waals surface area contributed by atoms with Crippen LogP contribution in [-0.2, 0) is 17.9 Å². The van der Waals surface area contributed by atoms with E-state index in [1.807, 2.05) is 46.5 Å². The molecule has 3 heterocycles. The number of amides is 1. The van der Waals surface area contributed by atoms with Crippen LogP contribution in [0.25, 0.3) is 21.5 Å². The Balaban J connectivity index is 1.41. The van der Waals surface area contributed by atoms with Crippen molar-refractivity contribution in [1.82, 2.24) is 19.9 Å². The van der Waals surface area contributed by atoms with Gasteiger partial charge >= 0.3 is 0 Å². The Labute approximate surface area is 149 Å². The number of hydrogen-bond acceptors (Lipinski definition) is 4. The van der Waals surface area contributed by atoms with E-state index in [1.54, 1.807) is 23.9 Å². The normalized spacial score (nSPS) is 10.9. The topological polar surface area (TPSA) is 59.8 Å². The van der Waals surface area contributed by atoms with Crippen LogP contribution in [0.3, 0.4) is 0 Å². The molecule has 0 saturated heterocycles. The summed E-state index contributed by atoms with van der Waals surface area (Å²) in [6.07, 6.45) is 5.32. The van der Waals surface area contributed by atoms with Crippen molar-refractivity contribution < 1.29 is 4.79 Å². The second-order valence-electron chi connectivity index (χ2n) is 5.70. The van der Waals surface area contributed by atoms with Crippen molar-refractivity contribution in [2.45, 2.75) is 13.1 Å². The summed E-state index contributed by atoms with van der Waals surface area (Å²) in [7, 11) is 0. The van der Waals surface area contributed by atoms with Crippen molar-refractivity contribution in [3.63, 3.8) is 0 Å². The summed E-state index contributed by atoms with van der Waals surface area (Å²) in [6.45, 7) is 0.705. The number of carbonyl (C=O) groups is 1. The third kappa shape index (κ3) is 3.44. The zero-order valence-electron chi connectivity index (χ0n) is 13.4. The third-order valence-electron chi connectivity index (χ3n) is 3.93. The van der Waals surface area contributed by atoms with Crippen molar-refractivity contribution in [3.8, 4) is 10.4 Å². The van der Waals surface area contributed by atoms with Crippen molar-refractivity contribution in [2.24, 2.45) is 0 Å². The van der Waals surface area contributed by atoms with E-state index >= 15 is 0 Å². The smallest absolute Gasteiger partial charge is 0.240 e. The molecule has 0 unspecified atom stereocenters. The van der Waals surface area contributed by atoms with Gasteiger partial charge in [-0.1, -0.05) is 18.2 Å². The fourth-order valence-corrected chi connectivity index (χ4v) is 3.42. The van der Waals surface area contributed by atoms with Crippen molar-refractivity contribution in [2.75, 3.05) is 0 Å². The van der Waals surface area contributed by atoms with Crippen molar-refractivity contribution in [3.05, 3.63) is 72.1 Å². The number of imidazole rings is 1. The second-order valence-corrected chi connectivity index (χ2v) is 6.64. The van der Waals surface area contributed by atoms with Gasteiger partial charge in [0, 0.05) is 29.4 Å². The number of fused-ring (bicyclic) bond motifs is 1. The highest BCUT2D eigenvalue weighted by molar-refractivity contribution is 7.13. The molecule has 6 heteroatoms. The third-order valence-corrected chi connectivity index (χ3v) is 4.85. The first-order valence-electron chi connectivity index (χ1n) is 7.94. The number of carbonyl (C=O) groups excluding carboxylic acids is 1. The standard InChI is InChI=1S/C19H16N4OS/c24-19(12-23-13-22-16-4-1-2-5-17(16)23)21-10-14-8-15(11-20-9-14)18-6-3-7-25-18/h1-9,11,13H,10,12H2,(H,21,24). The van der Waals surface area contributed by atoms with E-state index in [2.05, 4.69) is 27.4 Å². The van der Waals surface area contributed by atoms with Crippen LogP contribution in [0.2, 0.25) is 0 Å². The minimum atomic E-state index is -0.0512. The SMILES string of the molecule is O=C(Cn1cnc2ccccc21)NCc1cncc(-c2cccs2)c1. The predicted octanol–water partition coefficient (Wildman–Crippen LogP) is 3.48. The lowest BCUT2D eigenvalue weighted by Gasteiger charge is -2.07.